The lowest BCUT2D eigenvalue weighted by atomic mass is 10.1. The first-order chi connectivity index (χ1) is 10.6. The molecular weight excluding hydrogens is 280 g/mol. The number of nitrogens with zero attached hydrogens (tertiary/aromatic N) is 1. The van der Waals surface area contributed by atoms with Gasteiger partial charge >= 0.3 is 0 Å². The molecule has 1 aliphatic heterocycles. The molecule has 108 valence electrons. The summed E-state index contributed by atoms with van der Waals surface area (Å²) in [5.41, 5.74) is 1.58. The van der Waals surface area contributed by atoms with E-state index < -0.39 is 0 Å². The van der Waals surface area contributed by atoms with Gasteiger partial charge in [-0.25, -0.2) is 4.90 Å². The van der Waals surface area contributed by atoms with Crippen molar-refractivity contribution in [2.24, 2.45) is 0 Å². The van der Waals surface area contributed by atoms with E-state index in [0.29, 0.717) is 16.9 Å². The van der Waals surface area contributed by atoms with Gasteiger partial charge in [-0.15, -0.1) is 0 Å². The summed E-state index contributed by atoms with van der Waals surface area (Å²) in [6, 6.07) is 15.4. The van der Waals surface area contributed by atoms with Crippen molar-refractivity contribution >= 4 is 29.1 Å². The fourth-order valence-electron chi connectivity index (χ4n) is 2.14. The lowest BCUT2D eigenvalue weighted by molar-refractivity contribution is -0.119. The van der Waals surface area contributed by atoms with E-state index in [9.17, 15) is 14.4 Å². The van der Waals surface area contributed by atoms with Gasteiger partial charge in [-0.3, -0.25) is 14.4 Å². The molecule has 22 heavy (non-hydrogen) atoms. The van der Waals surface area contributed by atoms with Crippen molar-refractivity contribution < 1.29 is 14.4 Å². The molecule has 1 N–H and O–H groups in total. The zero-order chi connectivity index (χ0) is 15.5. The molecule has 0 aromatic heterocycles. The number of para-hydroxylation sites is 1. The Hall–Kier alpha value is -3.21. The molecule has 0 unspecified atom stereocenters. The third-order valence-corrected chi connectivity index (χ3v) is 3.23. The molecule has 0 aliphatic carbocycles. The van der Waals surface area contributed by atoms with E-state index in [1.165, 1.54) is 12.2 Å². The van der Waals surface area contributed by atoms with E-state index in [4.69, 9.17) is 0 Å². The monoisotopic (exact) mass is 292 g/mol. The lowest BCUT2D eigenvalue weighted by Gasteiger charge is -2.14. The van der Waals surface area contributed by atoms with Gasteiger partial charge in [-0.2, -0.15) is 0 Å². The minimum absolute atomic E-state index is 0.255. The van der Waals surface area contributed by atoms with Crippen molar-refractivity contribution in [1.82, 2.24) is 0 Å². The molecule has 2 aromatic carbocycles. The number of amides is 3. The van der Waals surface area contributed by atoms with Crippen molar-refractivity contribution in [3.05, 3.63) is 72.3 Å². The summed E-state index contributed by atoms with van der Waals surface area (Å²) < 4.78 is 0. The fraction of sp³-hybridized carbons (Fsp3) is 0. The number of hydrogen-bond acceptors (Lipinski definition) is 3. The van der Waals surface area contributed by atoms with Crippen LogP contribution in [0.1, 0.15) is 10.4 Å². The summed E-state index contributed by atoms with van der Waals surface area (Å²) >= 11 is 0. The van der Waals surface area contributed by atoms with Crippen molar-refractivity contribution in [2.45, 2.75) is 0 Å². The minimum atomic E-state index is -0.383. The maximum atomic E-state index is 12.1. The van der Waals surface area contributed by atoms with Crippen LogP contribution in [0.5, 0.6) is 0 Å². The number of imide groups is 1. The molecule has 0 radical (unpaired) electrons. The Morgan fingerprint density at radius 3 is 2.00 bits per heavy atom. The van der Waals surface area contributed by atoms with Crippen LogP contribution in [0, 0.1) is 0 Å². The molecule has 2 aromatic rings. The van der Waals surface area contributed by atoms with Crippen molar-refractivity contribution in [3.8, 4) is 0 Å². The number of benzene rings is 2. The van der Waals surface area contributed by atoms with E-state index in [-0.39, 0.29) is 17.7 Å². The van der Waals surface area contributed by atoms with E-state index in [1.54, 1.807) is 36.4 Å². The van der Waals surface area contributed by atoms with E-state index in [1.807, 2.05) is 18.2 Å². The maximum absolute atomic E-state index is 12.1. The maximum Gasteiger partial charge on any atom is 0.258 e. The second-order valence-corrected chi connectivity index (χ2v) is 4.71. The number of carbonyl (C=O) groups excluding carboxylic acids is 3. The molecule has 5 nitrogen and oxygen atoms in total. The Morgan fingerprint density at radius 2 is 1.41 bits per heavy atom. The van der Waals surface area contributed by atoms with Crippen molar-refractivity contribution in [3.63, 3.8) is 0 Å². The second-order valence-electron chi connectivity index (χ2n) is 4.71. The summed E-state index contributed by atoms with van der Waals surface area (Å²) in [6.45, 7) is 0. The van der Waals surface area contributed by atoms with Crippen LogP contribution in [0.3, 0.4) is 0 Å². The third kappa shape index (κ3) is 2.64. The number of anilines is 2. The average molecular weight is 292 g/mol. The molecule has 1 aliphatic rings. The second kappa shape index (κ2) is 5.65. The Labute approximate surface area is 126 Å². The fourth-order valence-corrected chi connectivity index (χ4v) is 2.14. The van der Waals surface area contributed by atoms with Crippen LogP contribution in [0.25, 0.3) is 0 Å². The van der Waals surface area contributed by atoms with Gasteiger partial charge in [-0.05, 0) is 36.4 Å². The van der Waals surface area contributed by atoms with Crippen LogP contribution in [0.4, 0.5) is 11.4 Å². The van der Waals surface area contributed by atoms with Crippen LogP contribution < -0.4 is 10.2 Å². The highest BCUT2D eigenvalue weighted by molar-refractivity contribution is 6.28. The summed E-state index contributed by atoms with van der Waals surface area (Å²) in [7, 11) is 0. The van der Waals surface area contributed by atoms with Gasteiger partial charge in [0.15, 0.2) is 0 Å². The first-order valence-electron chi connectivity index (χ1n) is 6.68. The zero-order valence-electron chi connectivity index (χ0n) is 11.5. The van der Waals surface area contributed by atoms with Crippen molar-refractivity contribution in [1.29, 1.82) is 0 Å². The first-order valence-corrected chi connectivity index (χ1v) is 6.68. The van der Waals surface area contributed by atoms with Gasteiger partial charge in [0, 0.05) is 23.4 Å². The highest BCUT2D eigenvalue weighted by Crippen LogP contribution is 2.20. The number of hydrogen-bond donors (Lipinski definition) is 1. The summed E-state index contributed by atoms with van der Waals surface area (Å²) in [5.74, 6) is -1.02. The number of rotatable bonds is 3. The van der Waals surface area contributed by atoms with Gasteiger partial charge in [0.05, 0.1) is 5.69 Å². The third-order valence-electron chi connectivity index (χ3n) is 3.23. The minimum Gasteiger partial charge on any atom is -0.322 e. The smallest absolute Gasteiger partial charge is 0.258 e. The Bertz CT molecular complexity index is 746. The molecule has 1 heterocycles. The predicted octanol–water partition coefficient (Wildman–Crippen LogP) is 2.37. The molecule has 0 atom stereocenters. The van der Waals surface area contributed by atoms with Gasteiger partial charge in [0.2, 0.25) is 0 Å². The standard InChI is InChI=1S/C17H12N2O3/c20-15-10-11-16(21)19(15)14-8-6-12(7-9-14)17(22)18-13-4-2-1-3-5-13/h1-11H,(H,18,22). The average Bonchev–Trinajstić information content (AvgIpc) is 2.87. The van der Waals surface area contributed by atoms with E-state index in [2.05, 4.69) is 5.32 Å². The highest BCUT2D eigenvalue weighted by atomic mass is 16.2. The zero-order valence-corrected chi connectivity index (χ0v) is 11.5. The molecule has 3 rings (SSSR count). The topological polar surface area (TPSA) is 66.5 Å². The molecule has 0 spiro atoms. The quantitative estimate of drug-likeness (QED) is 0.883. The van der Waals surface area contributed by atoms with Crippen molar-refractivity contribution in [2.75, 3.05) is 10.2 Å². The SMILES string of the molecule is O=C(Nc1ccccc1)c1ccc(N2C(=O)C=CC2=O)cc1. The number of nitrogens with one attached hydrogen (secondary N) is 1. The predicted molar refractivity (Wildman–Crippen MR) is 82.5 cm³/mol. The van der Waals surface area contributed by atoms with Crippen LogP contribution >= 0.6 is 0 Å². The van der Waals surface area contributed by atoms with Crippen LogP contribution in [-0.4, -0.2) is 17.7 Å². The summed E-state index contributed by atoms with van der Waals surface area (Å²) in [5, 5.41) is 2.77. The lowest BCUT2D eigenvalue weighted by Crippen LogP contribution is -2.29. The normalized spacial score (nSPS) is 13.5. The van der Waals surface area contributed by atoms with E-state index >= 15 is 0 Å². The molecule has 5 heteroatoms. The van der Waals surface area contributed by atoms with Gasteiger partial charge in [-0.1, -0.05) is 18.2 Å². The number of carbonyl (C=O) groups is 3. The summed E-state index contributed by atoms with van der Waals surface area (Å²) in [4.78, 5) is 36.3. The first kappa shape index (κ1) is 13.8. The van der Waals surface area contributed by atoms with E-state index in [0.717, 1.165) is 4.90 Å². The Kier molecular flexibility index (Phi) is 3.53. The molecule has 0 bridgehead atoms. The van der Waals surface area contributed by atoms with Crippen LogP contribution in [0.15, 0.2) is 66.7 Å². The van der Waals surface area contributed by atoms with Crippen LogP contribution in [-0.2, 0) is 9.59 Å². The summed E-state index contributed by atoms with van der Waals surface area (Å²) in [6.07, 6.45) is 2.44. The largest absolute Gasteiger partial charge is 0.322 e. The van der Waals surface area contributed by atoms with Gasteiger partial charge in [0.25, 0.3) is 17.7 Å². The Balaban J connectivity index is 1.76. The molecule has 0 fully saturated rings. The molecule has 0 saturated heterocycles. The highest BCUT2D eigenvalue weighted by Gasteiger charge is 2.25. The van der Waals surface area contributed by atoms with Gasteiger partial charge in [0.1, 0.15) is 0 Å². The molecule has 3 amide bonds. The molecule has 0 saturated carbocycles. The Morgan fingerprint density at radius 1 is 0.818 bits per heavy atom. The molecular formula is C17H12N2O3. The van der Waals surface area contributed by atoms with Crippen LogP contribution in [0.2, 0.25) is 0 Å². The van der Waals surface area contributed by atoms with Gasteiger partial charge < -0.3 is 5.32 Å².